The van der Waals surface area contributed by atoms with E-state index in [2.05, 4.69) is 0 Å². The number of phenols is 1. The summed E-state index contributed by atoms with van der Waals surface area (Å²) < 4.78 is 12.2. The lowest BCUT2D eigenvalue weighted by Gasteiger charge is -2.51. The van der Waals surface area contributed by atoms with Crippen LogP contribution in [0.5, 0.6) is 17.2 Å². The Morgan fingerprint density at radius 2 is 2.06 bits per heavy atom. The van der Waals surface area contributed by atoms with Gasteiger partial charge in [-0.05, 0) is 24.3 Å². The number of para-hydroxylation sites is 1. The monoisotopic (exact) mass is 441 g/mol. The minimum atomic E-state index is -0.686. The van der Waals surface area contributed by atoms with Gasteiger partial charge in [0.25, 0.3) is 0 Å². The second-order valence-corrected chi connectivity index (χ2v) is 8.64. The Morgan fingerprint density at radius 3 is 2.77 bits per heavy atom. The molecule has 7 nitrogen and oxygen atoms in total. The molecule has 0 radical (unpaired) electrons. The van der Waals surface area contributed by atoms with Gasteiger partial charge in [-0.2, -0.15) is 5.10 Å². The van der Waals surface area contributed by atoms with Crippen LogP contribution in [0.15, 0.2) is 41.5 Å². The number of fused-ring (bicyclic) bond motifs is 4. The summed E-state index contributed by atoms with van der Waals surface area (Å²) in [6.07, 6.45) is 1.85. The topological polar surface area (TPSA) is 74.6 Å². The molecule has 0 unspecified atom stereocenters. The highest BCUT2D eigenvalue weighted by Crippen LogP contribution is 2.53. The smallest absolute Gasteiger partial charge is 0.219 e. The minimum absolute atomic E-state index is 0.0592. The molecule has 2 aromatic rings. The molecule has 31 heavy (non-hydrogen) atoms. The molecule has 1 saturated heterocycles. The van der Waals surface area contributed by atoms with Gasteiger partial charge >= 0.3 is 0 Å². The number of nitrogens with zero attached hydrogens (tertiary/aromatic N) is 3. The van der Waals surface area contributed by atoms with Crippen LogP contribution in [0.1, 0.15) is 43.4 Å². The van der Waals surface area contributed by atoms with E-state index in [1.54, 1.807) is 32.2 Å². The number of carbonyl (C=O) groups is 1. The summed E-state index contributed by atoms with van der Waals surface area (Å²) >= 11 is 6.20. The van der Waals surface area contributed by atoms with Crippen molar-refractivity contribution in [1.82, 2.24) is 9.91 Å². The number of piperidine rings is 1. The molecular weight excluding hydrogens is 418 g/mol. The third-order valence-electron chi connectivity index (χ3n) is 6.47. The molecule has 1 atom stereocenters. The Balaban J connectivity index is 1.60. The molecule has 0 aliphatic carbocycles. The van der Waals surface area contributed by atoms with Gasteiger partial charge in [-0.3, -0.25) is 4.79 Å². The van der Waals surface area contributed by atoms with E-state index in [0.29, 0.717) is 48.7 Å². The predicted molar refractivity (Wildman–Crippen MR) is 117 cm³/mol. The highest BCUT2D eigenvalue weighted by molar-refractivity contribution is 6.31. The van der Waals surface area contributed by atoms with Gasteiger partial charge in [0.15, 0.2) is 11.5 Å². The van der Waals surface area contributed by atoms with Crippen LogP contribution in [0.3, 0.4) is 0 Å². The number of hydrazone groups is 1. The maximum absolute atomic E-state index is 11.9. The van der Waals surface area contributed by atoms with Gasteiger partial charge in [0, 0.05) is 55.4 Å². The number of amides is 1. The number of phenolic OH excluding ortho intramolecular Hbond substituents is 1. The minimum Gasteiger partial charge on any atom is -0.507 e. The summed E-state index contributed by atoms with van der Waals surface area (Å²) in [6, 6.07) is 10.8. The van der Waals surface area contributed by atoms with Gasteiger partial charge in [0.1, 0.15) is 5.75 Å². The van der Waals surface area contributed by atoms with Crippen molar-refractivity contribution in [3.05, 3.63) is 52.5 Å². The van der Waals surface area contributed by atoms with Gasteiger partial charge in [-0.1, -0.05) is 23.7 Å². The number of hydrogen-bond donors (Lipinski definition) is 1. The summed E-state index contributed by atoms with van der Waals surface area (Å²) in [5.41, 5.74) is 1.70. The number of rotatable bonds is 2. The molecule has 1 N–H and O–H groups in total. The first-order valence-corrected chi connectivity index (χ1v) is 10.8. The molecule has 2 aromatic carbocycles. The molecule has 3 aliphatic rings. The van der Waals surface area contributed by atoms with Crippen molar-refractivity contribution in [3.63, 3.8) is 0 Å². The largest absolute Gasteiger partial charge is 0.507 e. The summed E-state index contributed by atoms with van der Waals surface area (Å²) in [4.78, 5) is 13.7. The lowest BCUT2D eigenvalue weighted by molar-refractivity contribution is -0.159. The highest BCUT2D eigenvalue weighted by Gasteiger charge is 2.53. The van der Waals surface area contributed by atoms with Crippen molar-refractivity contribution in [2.45, 2.75) is 38.0 Å². The maximum atomic E-state index is 11.9. The van der Waals surface area contributed by atoms with Crippen LogP contribution in [0, 0.1) is 0 Å². The number of aromatic hydroxyl groups is 1. The summed E-state index contributed by atoms with van der Waals surface area (Å²) in [5, 5.41) is 18.0. The number of likely N-dealkylation sites (tertiary alicyclic amines) is 1. The lowest BCUT2D eigenvalue weighted by Crippen LogP contribution is -2.59. The Labute approximate surface area is 185 Å². The van der Waals surface area contributed by atoms with Gasteiger partial charge in [-0.15, -0.1) is 0 Å². The molecule has 3 aliphatic heterocycles. The second kappa shape index (κ2) is 7.34. The Morgan fingerprint density at radius 1 is 1.29 bits per heavy atom. The molecule has 3 heterocycles. The van der Waals surface area contributed by atoms with Crippen LogP contribution in [-0.2, 0) is 4.79 Å². The third-order valence-corrected chi connectivity index (χ3v) is 6.70. The normalized spacial score (nSPS) is 21.3. The average Bonchev–Trinajstić information content (AvgIpc) is 3.22. The van der Waals surface area contributed by atoms with E-state index in [1.165, 1.54) is 0 Å². The van der Waals surface area contributed by atoms with Crippen molar-refractivity contribution >= 4 is 23.2 Å². The molecule has 1 amide bonds. The van der Waals surface area contributed by atoms with E-state index >= 15 is 0 Å². The highest BCUT2D eigenvalue weighted by atomic mass is 35.5. The zero-order valence-electron chi connectivity index (χ0n) is 17.5. The zero-order chi connectivity index (χ0) is 21.8. The first kappa shape index (κ1) is 20.0. The van der Waals surface area contributed by atoms with Crippen molar-refractivity contribution < 1.29 is 19.4 Å². The van der Waals surface area contributed by atoms with Crippen molar-refractivity contribution in [2.24, 2.45) is 5.10 Å². The Bertz CT molecular complexity index is 1080. The lowest BCUT2D eigenvalue weighted by atomic mass is 9.90. The molecule has 0 bridgehead atoms. The Hall–Kier alpha value is -2.93. The van der Waals surface area contributed by atoms with Crippen LogP contribution < -0.4 is 9.47 Å². The van der Waals surface area contributed by atoms with Gasteiger partial charge in [0.05, 0.1) is 18.9 Å². The van der Waals surface area contributed by atoms with E-state index < -0.39 is 5.72 Å². The summed E-state index contributed by atoms with van der Waals surface area (Å²) in [7, 11) is 1.64. The average molecular weight is 442 g/mol. The second-order valence-electron chi connectivity index (χ2n) is 8.21. The standard InChI is InChI=1S/C23H24ClN3O4/c1-14(28)26-10-8-23(9-11-26)27-19(16-4-3-5-21(30-2)22(16)31-23)13-18(25-27)17-12-15(24)6-7-20(17)29/h3-7,12,19,29H,8-11,13H2,1-2H3/t19-/m1/s1. The maximum Gasteiger partial charge on any atom is 0.219 e. The van der Waals surface area contributed by atoms with Crippen molar-refractivity contribution in [1.29, 1.82) is 0 Å². The molecule has 1 spiro atoms. The number of ether oxygens (including phenoxy) is 2. The van der Waals surface area contributed by atoms with E-state index in [0.717, 1.165) is 17.0 Å². The Kier molecular flexibility index (Phi) is 4.73. The fourth-order valence-electron chi connectivity index (χ4n) is 4.83. The SMILES string of the molecule is COc1cccc2c1OC1(CCN(C(C)=O)CC1)N1N=C(c3cc(Cl)ccc3O)C[C@H]21. The van der Waals surface area contributed by atoms with Crippen LogP contribution in [0.25, 0.3) is 0 Å². The van der Waals surface area contributed by atoms with Crippen molar-refractivity contribution in [2.75, 3.05) is 20.2 Å². The number of halogens is 1. The molecule has 0 aromatic heterocycles. The number of benzene rings is 2. The predicted octanol–water partition coefficient (Wildman–Crippen LogP) is 3.94. The summed E-state index contributed by atoms with van der Waals surface area (Å²) in [6.45, 7) is 2.78. The zero-order valence-corrected chi connectivity index (χ0v) is 18.2. The fraction of sp³-hybridized carbons (Fsp3) is 0.391. The molecule has 1 fully saturated rings. The van der Waals surface area contributed by atoms with Gasteiger partial charge in [0.2, 0.25) is 11.6 Å². The first-order valence-electron chi connectivity index (χ1n) is 10.4. The van der Waals surface area contributed by atoms with Crippen LogP contribution >= 0.6 is 11.6 Å². The fourth-order valence-corrected chi connectivity index (χ4v) is 5.01. The quantitative estimate of drug-likeness (QED) is 0.764. The first-order chi connectivity index (χ1) is 14.9. The van der Waals surface area contributed by atoms with Crippen LogP contribution in [0.4, 0.5) is 0 Å². The number of hydrogen-bond acceptors (Lipinski definition) is 6. The van der Waals surface area contributed by atoms with E-state index in [1.807, 2.05) is 28.1 Å². The molecule has 0 saturated carbocycles. The van der Waals surface area contributed by atoms with Crippen molar-refractivity contribution in [3.8, 4) is 17.2 Å². The summed E-state index contributed by atoms with van der Waals surface area (Å²) in [5.74, 6) is 1.63. The molecule has 5 rings (SSSR count). The van der Waals surface area contributed by atoms with Gasteiger partial charge in [-0.25, -0.2) is 5.01 Å². The number of methoxy groups -OCH3 is 1. The van der Waals surface area contributed by atoms with Crippen LogP contribution in [0.2, 0.25) is 5.02 Å². The molecular formula is C23H24ClN3O4. The molecule has 162 valence electrons. The van der Waals surface area contributed by atoms with E-state index in [9.17, 15) is 9.90 Å². The third kappa shape index (κ3) is 3.19. The molecule has 8 heteroatoms. The van der Waals surface area contributed by atoms with Gasteiger partial charge < -0.3 is 19.5 Å². The van der Waals surface area contributed by atoms with E-state index in [-0.39, 0.29) is 17.7 Å². The van der Waals surface area contributed by atoms with Crippen LogP contribution in [-0.4, -0.2) is 52.6 Å². The van der Waals surface area contributed by atoms with E-state index in [4.69, 9.17) is 26.2 Å². The number of carbonyl (C=O) groups excluding carboxylic acids is 1.